The number of hydrogen-bond acceptors (Lipinski definition) is 4. The Morgan fingerprint density at radius 3 is 2.21 bits per heavy atom. The highest BCUT2D eigenvalue weighted by Crippen LogP contribution is 2.32. The SMILES string of the molecule is Cc1cc(O)c([C@H](C)C=C[C@@H](O)C(C)(C)O)cc1O. The van der Waals surface area contributed by atoms with E-state index in [0.29, 0.717) is 11.1 Å². The molecule has 0 amide bonds. The van der Waals surface area contributed by atoms with E-state index in [9.17, 15) is 20.4 Å². The number of aliphatic hydroxyl groups excluding tert-OH is 1. The summed E-state index contributed by atoms with van der Waals surface area (Å²) in [6, 6.07) is 3.01. The van der Waals surface area contributed by atoms with Gasteiger partial charge in [0.2, 0.25) is 0 Å². The lowest BCUT2D eigenvalue weighted by Gasteiger charge is -2.22. The largest absolute Gasteiger partial charge is 0.508 e. The Morgan fingerprint density at radius 1 is 1.11 bits per heavy atom. The summed E-state index contributed by atoms with van der Waals surface area (Å²) in [7, 11) is 0. The van der Waals surface area contributed by atoms with Crippen LogP contribution in [0.5, 0.6) is 11.5 Å². The number of aryl methyl sites for hydroxylation is 1. The van der Waals surface area contributed by atoms with Gasteiger partial charge in [-0.25, -0.2) is 0 Å². The first-order chi connectivity index (χ1) is 8.62. The number of rotatable bonds is 4. The molecule has 0 aliphatic heterocycles. The van der Waals surface area contributed by atoms with Gasteiger partial charge < -0.3 is 20.4 Å². The minimum atomic E-state index is -1.21. The van der Waals surface area contributed by atoms with Crippen molar-refractivity contribution < 1.29 is 20.4 Å². The van der Waals surface area contributed by atoms with Crippen LogP contribution in [0.25, 0.3) is 0 Å². The van der Waals surface area contributed by atoms with E-state index in [4.69, 9.17) is 0 Å². The summed E-state index contributed by atoms with van der Waals surface area (Å²) in [4.78, 5) is 0. The van der Waals surface area contributed by atoms with Gasteiger partial charge in [0.1, 0.15) is 17.6 Å². The fourth-order valence-electron chi connectivity index (χ4n) is 1.67. The Balaban J connectivity index is 2.93. The number of phenolic OH excluding ortho intramolecular Hbond substituents is 2. The second kappa shape index (κ2) is 5.63. The molecule has 1 rings (SSSR count). The van der Waals surface area contributed by atoms with Crippen LogP contribution in [0.3, 0.4) is 0 Å². The number of allylic oxidation sites excluding steroid dienone is 1. The van der Waals surface area contributed by atoms with E-state index < -0.39 is 11.7 Å². The molecule has 4 N–H and O–H groups in total. The van der Waals surface area contributed by atoms with E-state index in [1.807, 2.05) is 6.92 Å². The lowest BCUT2D eigenvalue weighted by Crippen LogP contribution is -2.34. The van der Waals surface area contributed by atoms with Crippen molar-refractivity contribution in [3.05, 3.63) is 35.4 Å². The van der Waals surface area contributed by atoms with E-state index in [-0.39, 0.29) is 17.4 Å². The molecule has 0 bridgehead atoms. The molecule has 0 radical (unpaired) electrons. The van der Waals surface area contributed by atoms with Gasteiger partial charge in [-0.05, 0) is 38.5 Å². The third kappa shape index (κ3) is 3.98. The van der Waals surface area contributed by atoms with E-state index >= 15 is 0 Å². The standard InChI is InChI=1S/C15H22O4/c1-9(5-6-14(18)15(3,4)19)11-8-12(16)10(2)7-13(11)17/h5-9,14,16-19H,1-4H3/t9-,14-/m1/s1. The summed E-state index contributed by atoms with van der Waals surface area (Å²) in [6.45, 7) is 6.57. The van der Waals surface area contributed by atoms with Crippen LogP contribution in [0, 0.1) is 6.92 Å². The first-order valence-electron chi connectivity index (χ1n) is 6.24. The summed E-state index contributed by atoms with van der Waals surface area (Å²) in [6.07, 6.45) is 2.18. The zero-order chi connectivity index (χ0) is 14.8. The smallest absolute Gasteiger partial charge is 0.119 e. The molecule has 2 atom stereocenters. The van der Waals surface area contributed by atoms with Gasteiger partial charge in [-0.2, -0.15) is 0 Å². The number of hydrogen-bond donors (Lipinski definition) is 4. The lowest BCUT2D eigenvalue weighted by molar-refractivity contribution is -0.0227. The molecule has 0 heterocycles. The first-order valence-corrected chi connectivity index (χ1v) is 6.24. The number of aliphatic hydroxyl groups is 2. The fourth-order valence-corrected chi connectivity index (χ4v) is 1.67. The Labute approximate surface area is 113 Å². The topological polar surface area (TPSA) is 80.9 Å². The van der Waals surface area contributed by atoms with E-state index in [1.165, 1.54) is 32.1 Å². The van der Waals surface area contributed by atoms with Crippen molar-refractivity contribution in [2.24, 2.45) is 0 Å². The van der Waals surface area contributed by atoms with E-state index in [0.717, 1.165) is 0 Å². The average molecular weight is 266 g/mol. The summed E-state index contributed by atoms with van der Waals surface area (Å²) >= 11 is 0. The zero-order valence-electron chi connectivity index (χ0n) is 11.8. The Kier molecular flexibility index (Phi) is 4.61. The Bertz CT molecular complexity index is 472. The van der Waals surface area contributed by atoms with Crippen molar-refractivity contribution in [3.63, 3.8) is 0 Å². The number of benzene rings is 1. The molecule has 0 aliphatic rings. The van der Waals surface area contributed by atoms with Gasteiger partial charge in [0.15, 0.2) is 0 Å². The summed E-state index contributed by atoms with van der Waals surface area (Å²) in [5.41, 5.74) is -0.0375. The van der Waals surface area contributed by atoms with Crippen LogP contribution >= 0.6 is 0 Å². The van der Waals surface area contributed by atoms with Gasteiger partial charge in [0, 0.05) is 11.5 Å². The van der Waals surface area contributed by atoms with Gasteiger partial charge in [-0.3, -0.25) is 0 Å². The minimum absolute atomic E-state index is 0.102. The molecule has 1 aromatic rings. The molecule has 4 nitrogen and oxygen atoms in total. The van der Waals surface area contributed by atoms with Crippen LogP contribution in [0.2, 0.25) is 0 Å². The van der Waals surface area contributed by atoms with Crippen LogP contribution in [-0.2, 0) is 0 Å². The predicted molar refractivity (Wildman–Crippen MR) is 74.4 cm³/mol. The van der Waals surface area contributed by atoms with Crippen molar-refractivity contribution in [1.29, 1.82) is 0 Å². The van der Waals surface area contributed by atoms with E-state index in [1.54, 1.807) is 13.0 Å². The number of phenols is 2. The first kappa shape index (κ1) is 15.5. The van der Waals surface area contributed by atoms with Gasteiger partial charge in [-0.1, -0.05) is 19.1 Å². The van der Waals surface area contributed by atoms with Crippen molar-refractivity contribution >= 4 is 0 Å². The van der Waals surface area contributed by atoms with Crippen molar-refractivity contribution in [1.82, 2.24) is 0 Å². The summed E-state index contributed by atoms with van der Waals surface area (Å²) in [5.74, 6) is 0.0322. The third-order valence-corrected chi connectivity index (χ3v) is 3.14. The molecule has 0 saturated carbocycles. The zero-order valence-corrected chi connectivity index (χ0v) is 11.8. The van der Waals surface area contributed by atoms with Gasteiger partial charge in [0.05, 0.1) is 5.60 Å². The van der Waals surface area contributed by atoms with Crippen LogP contribution in [0.1, 0.15) is 37.8 Å². The fraction of sp³-hybridized carbons (Fsp3) is 0.467. The number of aromatic hydroxyl groups is 2. The molecular formula is C15H22O4. The van der Waals surface area contributed by atoms with Crippen LogP contribution in [0.15, 0.2) is 24.3 Å². The van der Waals surface area contributed by atoms with Gasteiger partial charge in [-0.15, -0.1) is 0 Å². The van der Waals surface area contributed by atoms with Crippen LogP contribution in [-0.4, -0.2) is 32.1 Å². The average Bonchev–Trinajstić information content (AvgIpc) is 2.29. The molecule has 19 heavy (non-hydrogen) atoms. The monoisotopic (exact) mass is 266 g/mol. The normalized spacial score (nSPS) is 15.7. The predicted octanol–water partition coefficient (Wildman–Crippen LogP) is 2.20. The highest BCUT2D eigenvalue weighted by Gasteiger charge is 2.22. The maximum Gasteiger partial charge on any atom is 0.119 e. The van der Waals surface area contributed by atoms with Crippen LogP contribution < -0.4 is 0 Å². The minimum Gasteiger partial charge on any atom is -0.508 e. The van der Waals surface area contributed by atoms with E-state index in [2.05, 4.69) is 0 Å². The molecule has 0 saturated heterocycles. The molecule has 0 spiro atoms. The molecule has 0 aromatic heterocycles. The Hall–Kier alpha value is -1.52. The second-order valence-electron chi connectivity index (χ2n) is 5.47. The second-order valence-corrected chi connectivity index (χ2v) is 5.47. The van der Waals surface area contributed by atoms with Gasteiger partial charge >= 0.3 is 0 Å². The maximum atomic E-state index is 9.85. The molecule has 0 unspecified atom stereocenters. The summed E-state index contributed by atoms with van der Waals surface area (Å²) < 4.78 is 0. The maximum absolute atomic E-state index is 9.85. The van der Waals surface area contributed by atoms with Crippen molar-refractivity contribution in [2.75, 3.05) is 0 Å². The van der Waals surface area contributed by atoms with Crippen molar-refractivity contribution in [3.8, 4) is 11.5 Å². The van der Waals surface area contributed by atoms with Gasteiger partial charge in [0.25, 0.3) is 0 Å². The molecule has 4 heteroatoms. The quantitative estimate of drug-likeness (QED) is 0.497. The van der Waals surface area contributed by atoms with Crippen LogP contribution in [0.4, 0.5) is 0 Å². The molecule has 1 aromatic carbocycles. The molecular weight excluding hydrogens is 244 g/mol. The summed E-state index contributed by atoms with van der Waals surface area (Å²) in [5, 5.41) is 38.8. The highest BCUT2D eigenvalue weighted by atomic mass is 16.3. The third-order valence-electron chi connectivity index (χ3n) is 3.14. The van der Waals surface area contributed by atoms with Crippen molar-refractivity contribution in [2.45, 2.75) is 45.3 Å². The molecule has 0 aliphatic carbocycles. The Morgan fingerprint density at radius 2 is 1.68 bits per heavy atom. The lowest BCUT2D eigenvalue weighted by atomic mass is 9.95. The molecule has 106 valence electrons. The molecule has 0 fully saturated rings. The highest BCUT2D eigenvalue weighted by molar-refractivity contribution is 5.47.